The molecule has 0 spiro atoms. The molecule has 2 aliphatic carbocycles. The third-order valence-electron chi connectivity index (χ3n) is 17.1. The molecule has 394 valence electrons. The third-order valence-corrected chi connectivity index (χ3v) is 17.1. The summed E-state index contributed by atoms with van der Waals surface area (Å²) in [7, 11) is 0. The molecule has 79 heavy (non-hydrogen) atoms. The monoisotopic (exact) mass is 1040 g/mol. The molecule has 0 bridgehead atoms. The number of ether oxygens (including phenoxy) is 1. The van der Waals surface area contributed by atoms with Gasteiger partial charge in [-0.25, -0.2) is 4.98 Å². The van der Waals surface area contributed by atoms with Gasteiger partial charge in [0.05, 0.1) is 48.5 Å². The molecule has 0 amide bonds. The van der Waals surface area contributed by atoms with Crippen molar-refractivity contribution in [2.75, 3.05) is 0 Å². The minimum absolute atomic E-state index is 0.0233. The molecule has 5 heteroatoms. The highest BCUT2D eigenvalue weighted by atomic mass is 16.5. The van der Waals surface area contributed by atoms with Gasteiger partial charge >= 0.3 is 0 Å². The van der Waals surface area contributed by atoms with Crippen molar-refractivity contribution in [2.45, 2.75) is 129 Å². The molecule has 0 radical (unpaired) electrons. The molecule has 0 saturated heterocycles. The van der Waals surface area contributed by atoms with Crippen LogP contribution in [0, 0.1) is 6.33 Å². The van der Waals surface area contributed by atoms with Crippen LogP contribution in [-0.2, 0) is 27.1 Å². The summed E-state index contributed by atoms with van der Waals surface area (Å²) in [6, 6.07) is 34.4. The van der Waals surface area contributed by atoms with Crippen LogP contribution in [0.1, 0.15) is 145 Å². The number of hydrogen-bond donors (Lipinski definition) is 0. The number of fused-ring (bicyclic) bond motifs is 6. The summed E-state index contributed by atoms with van der Waals surface area (Å²) in [6.45, 7) is 23.3. The van der Waals surface area contributed by atoms with Gasteiger partial charge in [0.25, 0.3) is 6.33 Å². The Morgan fingerprint density at radius 1 is 0.544 bits per heavy atom. The van der Waals surface area contributed by atoms with Gasteiger partial charge in [-0.05, 0) is 151 Å². The lowest BCUT2D eigenvalue weighted by Gasteiger charge is -2.42. The zero-order valence-corrected chi connectivity index (χ0v) is 47.1. The number of benzene rings is 8. The lowest BCUT2D eigenvalue weighted by atomic mass is 9.62. The SMILES string of the molecule is [2H]c1c([2H])c([2H])c(-c2cc3c4ccccc4n(-c4cc(C(C)(C)C)ccn4)c3cc2Oc2cccc(-n3[c-][n+](-c4c(-c5c([2H])c([2H])c6c(c5[2H])C(C)(C)CCC6(C)C)cccc4-c4c([2H])c([2H])c5c(c4[2H])C(C)(C)CCC5(C)C)c4ccccc43)c2)c([2H])c1[2H]. The first-order chi connectivity index (χ1) is 42.4. The second kappa shape index (κ2) is 18.3. The van der Waals surface area contributed by atoms with Gasteiger partial charge < -0.3 is 4.74 Å². The van der Waals surface area contributed by atoms with Crippen LogP contribution in [0.5, 0.6) is 11.5 Å². The van der Waals surface area contributed by atoms with Crippen molar-refractivity contribution < 1.29 is 24.4 Å². The Labute approximate surface area is 482 Å². The maximum absolute atomic E-state index is 10.3. The van der Waals surface area contributed by atoms with E-state index in [0.29, 0.717) is 61.7 Å². The number of nitrogens with zero attached hydrogens (tertiary/aromatic N) is 4. The van der Waals surface area contributed by atoms with Gasteiger partial charge in [-0.1, -0.05) is 209 Å². The predicted octanol–water partition coefficient (Wildman–Crippen LogP) is 19.0. The molecule has 3 aromatic heterocycles. The molecule has 13 rings (SSSR count). The van der Waals surface area contributed by atoms with Gasteiger partial charge in [0, 0.05) is 28.6 Å². The molecule has 0 saturated carbocycles. The minimum atomic E-state index is -0.511. The Bertz CT molecular complexity index is 4750. The van der Waals surface area contributed by atoms with Crippen molar-refractivity contribution in [1.29, 1.82) is 0 Å². The molecule has 3 heterocycles. The first-order valence-electron chi connectivity index (χ1n) is 33.1. The van der Waals surface area contributed by atoms with Crippen LogP contribution in [0.3, 0.4) is 0 Å². The fraction of sp³-hybridized carbons (Fsp3) is 0.270. The fourth-order valence-electron chi connectivity index (χ4n) is 12.2. The lowest BCUT2D eigenvalue weighted by molar-refractivity contribution is -0.571. The molecule has 5 nitrogen and oxygen atoms in total. The highest BCUT2D eigenvalue weighted by Crippen LogP contribution is 2.50. The predicted molar refractivity (Wildman–Crippen MR) is 328 cm³/mol. The lowest BCUT2D eigenvalue weighted by Crippen LogP contribution is -2.34. The maximum atomic E-state index is 10.3. The number of pyridine rings is 1. The molecule has 0 unspecified atom stereocenters. The Kier molecular flexibility index (Phi) is 9.10. The summed E-state index contributed by atoms with van der Waals surface area (Å²) in [5.41, 5.74) is 7.36. The highest BCUT2D eigenvalue weighted by Gasteiger charge is 2.39. The van der Waals surface area contributed by atoms with Gasteiger partial charge in [-0.15, -0.1) is 0 Å². The van der Waals surface area contributed by atoms with E-state index in [9.17, 15) is 11.0 Å². The summed E-state index contributed by atoms with van der Waals surface area (Å²) in [4.78, 5) is 4.90. The highest BCUT2D eigenvalue weighted by molar-refractivity contribution is 6.11. The second-order valence-corrected chi connectivity index (χ2v) is 25.5. The first kappa shape index (κ1) is 39.4. The van der Waals surface area contributed by atoms with E-state index < -0.39 is 39.8 Å². The van der Waals surface area contributed by atoms with E-state index in [1.807, 2.05) is 112 Å². The zero-order chi connectivity index (χ0) is 64.4. The van der Waals surface area contributed by atoms with Crippen molar-refractivity contribution in [3.63, 3.8) is 0 Å². The average molecular weight is 1040 g/mol. The van der Waals surface area contributed by atoms with Crippen molar-refractivity contribution in [3.8, 4) is 62.1 Å². The molecule has 0 atom stereocenters. The number of para-hydroxylation sites is 4. The van der Waals surface area contributed by atoms with Gasteiger partial charge in [-0.2, -0.15) is 0 Å². The van der Waals surface area contributed by atoms with Crippen molar-refractivity contribution in [1.82, 2.24) is 14.1 Å². The Morgan fingerprint density at radius 2 is 1.14 bits per heavy atom. The standard InChI is InChI=1S/C74H72N4O/c1-70(2,3)51-35-40-75-68(43-51)78-63-28-16-15-25-56(63)58-45-57(48-21-13-12-14-22-48)67(46-66(58)78)79-53-24-19-23-52(44-53)76-47-77(65-30-18-17-29-64(65)76)69-54(49-31-33-59-61(41-49)73(8,9)38-36-71(59,4)5)26-20-27-55(69)50-32-34-60-62(42-50)74(10,11)39-37-72(60,6)7/h12-35,40-46H,36-39H2,1-11H3/i12D,13D,14D,21D,22D,31D,32D,33D,34D,41D,42D. The summed E-state index contributed by atoms with van der Waals surface area (Å²) in [5.74, 6) is 1.23. The van der Waals surface area contributed by atoms with Gasteiger partial charge in [0.2, 0.25) is 0 Å². The van der Waals surface area contributed by atoms with E-state index >= 15 is 0 Å². The van der Waals surface area contributed by atoms with E-state index in [1.54, 1.807) is 12.3 Å². The molecule has 0 N–H and O–H groups in total. The van der Waals surface area contributed by atoms with Crippen LogP contribution in [0.25, 0.3) is 83.4 Å². The summed E-state index contributed by atoms with van der Waals surface area (Å²) in [5, 5.41) is 1.61. The van der Waals surface area contributed by atoms with E-state index in [2.05, 4.69) is 93.1 Å². The van der Waals surface area contributed by atoms with Crippen LogP contribution in [0.15, 0.2) is 188 Å². The van der Waals surface area contributed by atoms with E-state index in [-0.39, 0.29) is 81.8 Å². The molecule has 2 aliphatic rings. The van der Waals surface area contributed by atoms with Gasteiger partial charge in [-0.3, -0.25) is 13.7 Å². The third kappa shape index (κ3) is 8.59. The van der Waals surface area contributed by atoms with Crippen LogP contribution in [0.2, 0.25) is 0 Å². The topological polar surface area (TPSA) is 35.9 Å². The van der Waals surface area contributed by atoms with Crippen LogP contribution in [0.4, 0.5) is 0 Å². The fourth-order valence-corrected chi connectivity index (χ4v) is 12.2. The first-order valence-corrected chi connectivity index (χ1v) is 27.6. The minimum Gasteiger partial charge on any atom is -0.457 e. The normalized spacial score (nSPS) is 18.2. The Hall–Kier alpha value is -8.02. The Balaban J connectivity index is 1.06. The second-order valence-electron chi connectivity index (χ2n) is 25.5. The van der Waals surface area contributed by atoms with Crippen molar-refractivity contribution in [2.24, 2.45) is 0 Å². The number of rotatable bonds is 8. The molecule has 11 aromatic rings. The van der Waals surface area contributed by atoms with E-state index in [0.717, 1.165) is 58.7 Å². The molecular weight excluding hydrogens is 961 g/mol. The number of aromatic nitrogens is 4. The van der Waals surface area contributed by atoms with E-state index in [1.165, 1.54) is 0 Å². The summed E-state index contributed by atoms with van der Waals surface area (Å²) in [6.07, 6.45) is 8.62. The van der Waals surface area contributed by atoms with Crippen LogP contribution < -0.4 is 9.30 Å². The zero-order valence-electron chi connectivity index (χ0n) is 58.1. The van der Waals surface area contributed by atoms with Crippen molar-refractivity contribution in [3.05, 3.63) is 222 Å². The largest absolute Gasteiger partial charge is 0.457 e. The molecule has 8 aromatic carbocycles. The Morgan fingerprint density at radius 3 is 1.78 bits per heavy atom. The van der Waals surface area contributed by atoms with E-state index in [4.69, 9.17) is 13.8 Å². The quantitative estimate of drug-likeness (QED) is 0.112. The number of imidazole rings is 1. The molecule has 0 aliphatic heterocycles. The summed E-state index contributed by atoms with van der Waals surface area (Å²) >= 11 is 0. The maximum Gasteiger partial charge on any atom is 0.269 e. The average Bonchev–Trinajstić information content (AvgIpc) is 0.918. The smallest absolute Gasteiger partial charge is 0.269 e. The van der Waals surface area contributed by atoms with Crippen molar-refractivity contribution >= 4 is 32.8 Å². The molecular formula is C74H72N4O. The van der Waals surface area contributed by atoms with Crippen LogP contribution >= 0.6 is 0 Å². The van der Waals surface area contributed by atoms with Gasteiger partial charge in [0.1, 0.15) is 17.3 Å². The summed E-state index contributed by atoms with van der Waals surface area (Å²) < 4.78 is 118. The van der Waals surface area contributed by atoms with Gasteiger partial charge in [0.15, 0.2) is 0 Å². The molecule has 0 fully saturated rings. The van der Waals surface area contributed by atoms with Crippen LogP contribution in [-0.4, -0.2) is 14.1 Å². The number of hydrogen-bond acceptors (Lipinski definition) is 2.